The maximum absolute atomic E-state index is 5.50. The van der Waals surface area contributed by atoms with Gasteiger partial charge in [0.1, 0.15) is 16.5 Å². The summed E-state index contributed by atoms with van der Waals surface area (Å²) in [6, 6.07) is 0. The first-order chi connectivity index (χ1) is 15.1. The molecule has 166 valence electrons. The van der Waals surface area contributed by atoms with Gasteiger partial charge in [-0.2, -0.15) is 0 Å². The maximum Gasteiger partial charge on any atom is 0.146 e. The van der Waals surface area contributed by atoms with Crippen molar-refractivity contribution in [2.45, 2.75) is 33.9 Å². The lowest BCUT2D eigenvalue weighted by atomic mass is 10.2. The van der Waals surface area contributed by atoms with Crippen LogP contribution in [0.5, 0.6) is 0 Å². The second-order valence-electron chi connectivity index (χ2n) is 8.44. The smallest absolute Gasteiger partial charge is 0.146 e. The molecule has 9 heteroatoms. The van der Waals surface area contributed by atoms with Crippen LogP contribution in [0.3, 0.4) is 0 Å². The van der Waals surface area contributed by atoms with Gasteiger partial charge in [0, 0.05) is 56.1 Å². The van der Waals surface area contributed by atoms with E-state index in [1.165, 1.54) is 21.5 Å². The van der Waals surface area contributed by atoms with Gasteiger partial charge in [0.25, 0.3) is 0 Å². The van der Waals surface area contributed by atoms with Crippen LogP contribution in [-0.4, -0.2) is 77.2 Å². The number of piperazine rings is 1. The van der Waals surface area contributed by atoms with Gasteiger partial charge in [-0.25, -0.2) is 15.0 Å². The Labute approximate surface area is 191 Å². The molecular weight excluding hydrogens is 428 g/mol. The molecule has 0 radical (unpaired) electrons. The molecule has 0 unspecified atom stereocenters. The van der Waals surface area contributed by atoms with Crippen molar-refractivity contribution < 1.29 is 4.74 Å². The Morgan fingerprint density at radius 1 is 0.903 bits per heavy atom. The minimum Gasteiger partial charge on any atom is -0.379 e. The van der Waals surface area contributed by atoms with Crippen LogP contribution >= 0.6 is 22.7 Å². The normalized spacial score (nSPS) is 18.9. The molecule has 0 bridgehead atoms. The largest absolute Gasteiger partial charge is 0.379 e. The van der Waals surface area contributed by atoms with Crippen molar-refractivity contribution in [1.82, 2.24) is 24.8 Å². The molecule has 0 aliphatic carbocycles. The number of hydrogen-bond donors (Lipinski definition) is 0. The van der Waals surface area contributed by atoms with E-state index in [0.29, 0.717) is 0 Å². The molecule has 0 N–H and O–H groups in total. The Hall–Kier alpha value is -1.65. The summed E-state index contributed by atoms with van der Waals surface area (Å²) < 4.78 is 5.50. The van der Waals surface area contributed by atoms with Gasteiger partial charge in [-0.3, -0.25) is 9.80 Å². The number of thiophene rings is 1. The fourth-order valence-electron chi connectivity index (χ4n) is 4.36. The Bertz CT molecular complexity index is 1050. The van der Waals surface area contributed by atoms with Gasteiger partial charge in [0.15, 0.2) is 0 Å². The zero-order valence-electron chi connectivity index (χ0n) is 18.6. The van der Waals surface area contributed by atoms with Gasteiger partial charge in [0.05, 0.1) is 35.8 Å². The fraction of sp³-hybridized carbons (Fsp3) is 0.591. The van der Waals surface area contributed by atoms with Crippen LogP contribution in [0, 0.1) is 20.8 Å². The van der Waals surface area contributed by atoms with E-state index in [1.807, 2.05) is 0 Å². The van der Waals surface area contributed by atoms with E-state index in [9.17, 15) is 0 Å². The van der Waals surface area contributed by atoms with Gasteiger partial charge < -0.3 is 9.64 Å². The highest BCUT2D eigenvalue weighted by Crippen LogP contribution is 2.35. The monoisotopic (exact) mass is 458 g/mol. The standard InChI is InChI=1S/C22H30N6OS2/c1-15-16(2)31-22-20(15)21(24-19(25-22)13-27-8-10-29-11-9-27)28-6-4-26(5-7-28)12-18-14-30-17(3)23-18/h14H,4-13H2,1-3H3. The highest BCUT2D eigenvalue weighted by molar-refractivity contribution is 7.18. The second kappa shape index (κ2) is 9.07. The van der Waals surface area contributed by atoms with Crippen molar-refractivity contribution in [3.63, 3.8) is 0 Å². The lowest BCUT2D eigenvalue weighted by molar-refractivity contribution is 0.0331. The number of ether oxygens (including phenoxy) is 1. The molecule has 2 aliphatic heterocycles. The summed E-state index contributed by atoms with van der Waals surface area (Å²) in [6.45, 7) is 15.8. The quantitative estimate of drug-likeness (QED) is 0.582. The summed E-state index contributed by atoms with van der Waals surface area (Å²) in [5.41, 5.74) is 2.52. The highest BCUT2D eigenvalue weighted by atomic mass is 32.1. The fourth-order valence-corrected chi connectivity index (χ4v) is 6.00. The minimum atomic E-state index is 0.797. The first kappa shape index (κ1) is 21.2. The van der Waals surface area contributed by atoms with Crippen LogP contribution in [0.15, 0.2) is 5.38 Å². The topological polar surface area (TPSA) is 57.6 Å². The molecule has 0 aromatic carbocycles. The van der Waals surface area contributed by atoms with Crippen LogP contribution in [0.2, 0.25) is 0 Å². The predicted octanol–water partition coefficient (Wildman–Crippen LogP) is 3.23. The summed E-state index contributed by atoms with van der Waals surface area (Å²) in [5.74, 6) is 2.06. The van der Waals surface area contributed by atoms with Gasteiger partial charge in [-0.1, -0.05) is 0 Å². The van der Waals surface area contributed by atoms with Crippen molar-refractivity contribution in [1.29, 1.82) is 0 Å². The molecule has 31 heavy (non-hydrogen) atoms. The molecule has 3 aromatic rings. The molecule has 0 saturated carbocycles. The number of rotatable bonds is 5. The van der Waals surface area contributed by atoms with Crippen molar-refractivity contribution >= 4 is 38.7 Å². The Balaban J connectivity index is 1.36. The molecule has 2 aliphatic rings. The zero-order chi connectivity index (χ0) is 21.4. The first-order valence-corrected chi connectivity index (χ1v) is 12.7. The number of fused-ring (bicyclic) bond motifs is 1. The lowest BCUT2D eigenvalue weighted by Crippen LogP contribution is -2.46. The number of thiazole rings is 1. The molecule has 0 spiro atoms. The Kier molecular flexibility index (Phi) is 6.21. The molecule has 2 saturated heterocycles. The number of anilines is 1. The number of aryl methyl sites for hydroxylation is 3. The molecule has 5 heterocycles. The maximum atomic E-state index is 5.50. The van der Waals surface area contributed by atoms with E-state index < -0.39 is 0 Å². The summed E-state index contributed by atoms with van der Waals surface area (Å²) in [4.78, 5) is 24.5. The Morgan fingerprint density at radius 2 is 1.65 bits per heavy atom. The van der Waals surface area contributed by atoms with E-state index in [0.717, 1.165) is 87.1 Å². The number of morpholine rings is 1. The van der Waals surface area contributed by atoms with E-state index in [1.54, 1.807) is 22.7 Å². The summed E-state index contributed by atoms with van der Waals surface area (Å²) in [7, 11) is 0. The van der Waals surface area contributed by atoms with E-state index >= 15 is 0 Å². The molecule has 7 nitrogen and oxygen atoms in total. The molecule has 5 rings (SSSR count). The number of aromatic nitrogens is 3. The first-order valence-electron chi connectivity index (χ1n) is 11.0. The van der Waals surface area contributed by atoms with Crippen LogP contribution in [0.25, 0.3) is 10.2 Å². The van der Waals surface area contributed by atoms with Crippen molar-refractivity contribution in [3.05, 3.63) is 32.3 Å². The third-order valence-electron chi connectivity index (χ3n) is 6.25. The molecule has 0 atom stereocenters. The summed E-state index contributed by atoms with van der Waals surface area (Å²) in [5, 5.41) is 4.58. The van der Waals surface area contributed by atoms with Crippen LogP contribution in [0.1, 0.15) is 27.0 Å². The molecule has 3 aromatic heterocycles. The molecule has 0 amide bonds. The van der Waals surface area contributed by atoms with E-state index in [2.05, 4.69) is 45.8 Å². The van der Waals surface area contributed by atoms with Crippen LogP contribution in [0.4, 0.5) is 5.82 Å². The minimum absolute atomic E-state index is 0.797. The SMILES string of the molecule is Cc1nc(CN2CCN(c3nc(CN4CCOCC4)nc4sc(C)c(C)c34)CC2)cs1. The molecular formula is C22H30N6OS2. The third kappa shape index (κ3) is 4.61. The predicted molar refractivity (Wildman–Crippen MR) is 127 cm³/mol. The van der Waals surface area contributed by atoms with Crippen LogP contribution in [-0.2, 0) is 17.8 Å². The van der Waals surface area contributed by atoms with Crippen molar-refractivity contribution in [3.8, 4) is 0 Å². The summed E-state index contributed by atoms with van der Waals surface area (Å²) >= 11 is 3.53. The second-order valence-corrected chi connectivity index (χ2v) is 10.7. The van der Waals surface area contributed by atoms with Gasteiger partial charge in [0.2, 0.25) is 0 Å². The lowest BCUT2D eigenvalue weighted by Gasteiger charge is -2.35. The van der Waals surface area contributed by atoms with Gasteiger partial charge in [-0.05, 0) is 26.3 Å². The summed E-state index contributed by atoms with van der Waals surface area (Å²) in [6.07, 6.45) is 0. The van der Waals surface area contributed by atoms with Crippen molar-refractivity contribution in [2.75, 3.05) is 57.4 Å². The van der Waals surface area contributed by atoms with Crippen molar-refractivity contribution in [2.24, 2.45) is 0 Å². The average molecular weight is 459 g/mol. The van der Waals surface area contributed by atoms with E-state index in [-0.39, 0.29) is 0 Å². The Morgan fingerprint density at radius 3 is 2.35 bits per heavy atom. The molecule has 2 fully saturated rings. The zero-order valence-corrected chi connectivity index (χ0v) is 20.2. The number of hydrogen-bond acceptors (Lipinski definition) is 9. The average Bonchev–Trinajstić information content (AvgIpc) is 3.31. The number of nitrogens with zero attached hydrogens (tertiary/aromatic N) is 6. The van der Waals surface area contributed by atoms with E-state index in [4.69, 9.17) is 14.7 Å². The highest BCUT2D eigenvalue weighted by Gasteiger charge is 2.24. The van der Waals surface area contributed by atoms with Gasteiger partial charge >= 0.3 is 0 Å². The van der Waals surface area contributed by atoms with Crippen LogP contribution < -0.4 is 4.90 Å². The third-order valence-corrected chi connectivity index (χ3v) is 8.17. The van der Waals surface area contributed by atoms with Gasteiger partial charge in [-0.15, -0.1) is 22.7 Å².